The van der Waals surface area contributed by atoms with E-state index < -0.39 is 0 Å². The second kappa shape index (κ2) is 4.90. The highest BCUT2D eigenvalue weighted by Gasteiger charge is 2.31. The topological polar surface area (TPSA) is 38.2 Å². The van der Waals surface area contributed by atoms with Crippen molar-refractivity contribution in [1.29, 1.82) is 0 Å². The predicted octanol–water partition coefficient (Wildman–Crippen LogP) is 2.67. The zero-order valence-corrected chi connectivity index (χ0v) is 11.9. The molecule has 1 aromatic heterocycles. The van der Waals surface area contributed by atoms with Crippen LogP contribution in [0.3, 0.4) is 0 Å². The molecule has 1 aromatic rings. The molecule has 1 aliphatic rings. The zero-order chi connectivity index (χ0) is 12.5. The van der Waals surface area contributed by atoms with E-state index in [0.717, 1.165) is 37.1 Å². The highest BCUT2D eigenvalue weighted by atomic mass is 32.1. The summed E-state index contributed by atoms with van der Waals surface area (Å²) < 4.78 is 10.2. The third-order valence-corrected chi connectivity index (χ3v) is 4.09. The first-order chi connectivity index (χ1) is 8.04. The van der Waals surface area contributed by atoms with Crippen LogP contribution in [-0.4, -0.2) is 34.7 Å². The average molecular weight is 255 g/mol. The standard InChI is InChI=1S/C12H21N3OS/c1-5-12(4)8-15(6-7-16-12)11-13-10(9(2)3)14-17-11/h9H,5-8H2,1-4H3. The molecule has 1 saturated heterocycles. The number of ether oxygens (including phenoxy) is 1. The van der Waals surface area contributed by atoms with Gasteiger partial charge in [-0.1, -0.05) is 20.8 Å². The lowest BCUT2D eigenvalue weighted by Crippen LogP contribution is -2.49. The molecule has 96 valence electrons. The Morgan fingerprint density at radius 3 is 2.88 bits per heavy atom. The Balaban J connectivity index is 2.11. The van der Waals surface area contributed by atoms with E-state index in [2.05, 4.69) is 42.0 Å². The maximum atomic E-state index is 5.84. The Labute approximate surface area is 107 Å². The summed E-state index contributed by atoms with van der Waals surface area (Å²) in [5, 5.41) is 1.04. The highest BCUT2D eigenvalue weighted by Crippen LogP contribution is 2.27. The van der Waals surface area contributed by atoms with Crippen molar-refractivity contribution >= 4 is 16.7 Å². The van der Waals surface area contributed by atoms with Crippen LogP contribution >= 0.6 is 11.5 Å². The van der Waals surface area contributed by atoms with Gasteiger partial charge in [0.2, 0.25) is 5.13 Å². The van der Waals surface area contributed by atoms with Gasteiger partial charge in [-0.05, 0) is 13.3 Å². The maximum absolute atomic E-state index is 5.84. The lowest BCUT2D eigenvalue weighted by atomic mass is 10.0. The minimum Gasteiger partial charge on any atom is -0.372 e. The van der Waals surface area contributed by atoms with Gasteiger partial charge in [0.05, 0.1) is 12.2 Å². The fourth-order valence-electron chi connectivity index (χ4n) is 1.90. The second-order valence-electron chi connectivity index (χ2n) is 5.16. The number of anilines is 1. The van der Waals surface area contributed by atoms with Crippen molar-refractivity contribution in [3.63, 3.8) is 0 Å². The Kier molecular flexibility index (Phi) is 3.68. The van der Waals surface area contributed by atoms with E-state index in [1.165, 1.54) is 11.5 Å². The predicted molar refractivity (Wildman–Crippen MR) is 70.9 cm³/mol. The largest absolute Gasteiger partial charge is 0.372 e. The molecule has 0 N–H and O–H groups in total. The summed E-state index contributed by atoms with van der Waals surface area (Å²) in [4.78, 5) is 6.91. The Morgan fingerprint density at radius 1 is 1.53 bits per heavy atom. The van der Waals surface area contributed by atoms with Crippen LogP contribution in [0.15, 0.2) is 0 Å². The molecule has 0 aliphatic carbocycles. The van der Waals surface area contributed by atoms with Gasteiger partial charge in [0.15, 0.2) is 0 Å². The number of rotatable bonds is 3. The summed E-state index contributed by atoms with van der Waals surface area (Å²) in [5.74, 6) is 1.35. The van der Waals surface area contributed by atoms with Crippen LogP contribution in [0.5, 0.6) is 0 Å². The maximum Gasteiger partial charge on any atom is 0.205 e. The van der Waals surface area contributed by atoms with Gasteiger partial charge in [0.25, 0.3) is 0 Å². The molecule has 2 heterocycles. The Bertz CT molecular complexity index is 380. The summed E-state index contributed by atoms with van der Waals surface area (Å²) in [6.07, 6.45) is 1.03. The number of hydrogen-bond acceptors (Lipinski definition) is 5. The molecular formula is C12H21N3OS. The molecule has 1 unspecified atom stereocenters. The van der Waals surface area contributed by atoms with Gasteiger partial charge in [-0.15, -0.1) is 0 Å². The molecule has 0 amide bonds. The fraction of sp³-hybridized carbons (Fsp3) is 0.833. The molecule has 5 heteroatoms. The first-order valence-electron chi connectivity index (χ1n) is 6.26. The van der Waals surface area contributed by atoms with Crippen LogP contribution in [0.25, 0.3) is 0 Å². The zero-order valence-electron chi connectivity index (χ0n) is 11.1. The molecule has 17 heavy (non-hydrogen) atoms. The Morgan fingerprint density at radius 2 is 2.29 bits per heavy atom. The van der Waals surface area contributed by atoms with Crippen LogP contribution in [-0.2, 0) is 4.74 Å². The van der Waals surface area contributed by atoms with Gasteiger partial charge < -0.3 is 9.64 Å². The number of hydrogen-bond donors (Lipinski definition) is 0. The van der Waals surface area contributed by atoms with E-state index in [-0.39, 0.29) is 5.60 Å². The third-order valence-electron chi connectivity index (χ3n) is 3.30. The summed E-state index contributed by atoms with van der Waals surface area (Å²) in [5.41, 5.74) is -0.0398. The van der Waals surface area contributed by atoms with Gasteiger partial charge in [0, 0.05) is 30.5 Å². The average Bonchev–Trinajstić information content (AvgIpc) is 2.78. The quantitative estimate of drug-likeness (QED) is 0.832. The minimum atomic E-state index is -0.0398. The van der Waals surface area contributed by atoms with Crippen LogP contribution < -0.4 is 4.90 Å². The fourth-order valence-corrected chi connectivity index (χ4v) is 2.73. The van der Waals surface area contributed by atoms with Crippen molar-refractivity contribution in [3.8, 4) is 0 Å². The summed E-state index contributed by atoms with van der Waals surface area (Å²) >= 11 is 1.50. The van der Waals surface area contributed by atoms with E-state index in [4.69, 9.17) is 4.74 Å². The van der Waals surface area contributed by atoms with Gasteiger partial charge in [-0.3, -0.25) is 0 Å². The van der Waals surface area contributed by atoms with Crippen LogP contribution in [0.4, 0.5) is 5.13 Å². The lowest BCUT2D eigenvalue weighted by Gasteiger charge is -2.39. The van der Waals surface area contributed by atoms with Crippen LogP contribution in [0.1, 0.15) is 45.9 Å². The van der Waals surface area contributed by atoms with Gasteiger partial charge in [-0.2, -0.15) is 4.37 Å². The molecule has 0 saturated carbocycles. The first kappa shape index (κ1) is 12.8. The molecule has 0 bridgehead atoms. The molecule has 1 aliphatic heterocycles. The number of nitrogens with zero attached hydrogens (tertiary/aromatic N) is 3. The number of aromatic nitrogens is 2. The van der Waals surface area contributed by atoms with Crippen LogP contribution in [0.2, 0.25) is 0 Å². The van der Waals surface area contributed by atoms with E-state index in [1.807, 2.05) is 0 Å². The molecule has 0 radical (unpaired) electrons. The third kappa shape index (κ3) is 2.77. The first-order valence-corrected chi connectivity index (χ1v) is 7.04. The summed E-state index contributed by atoms with van der Waals surface area (Å²) in [6.45, 7) is 11.2. The van der Waals surface area contributed by atoms with E-state index in [9.17, 15) is 0 Å². The van der Waals surface area contributed by atoms with Crippen molar-refractivity contribution in [2.75, 3.05) is 24.6 Å². The van der Waals surface area contributed by atoms with Gasteiger partial charge in [-0.25, -0.2) is 4.98 Å². The molecule has 2 rings (SSSR count). The normalized spacial score (nSPS) is 25.6. The van der Waals surface area contributed by atoms with E-state index in [1.54, 1.807) is 0 Å². The summed E-state index contributed by atoms with van der Waals surface area (Å²) in [6, 6.07) is 0. The van der Waals surface area contributed by atoms with Crippen molar-refractivity contribution in [2.24, 2.45) is 0 Å². The smallest absolute Gasteiger partial charge is 0.205 e. The van der Waals surface area contributed by atoms with Crippen molar-refractivity contribution in [1.82, 2.24) is 9.36 Å². The second-order valence-corrected chi connectivity index (χ2v) is 5.89. The lowest BCUT2D eigenvalue weighted by molar-refractivity contribution is -0.0441. The molecule has 1 atom stereocenters. The van der Waals surface area contributed by atoms with Crippen molar-refractivity contribution < 1.29 is 4.74 Å². The molecule has 4 nitrogen and oxygen atoms in total. The minimum absolute atomic E-state index is 0.0398. The molecule has 0 aromatic carbocycles. The molecular weight excluding hydrogens is 234 g/mol. The SMILES string of the molecule is CCC1(C)CN(c2nc(C(C)C)ns2)CCO1. The van der Waals surface area contributed by atoms with Crippen molar-refractivity contribution in [3.05, 3.63) is 5.82 Å². The number of morpholine rings is 1. The summed E-state index contributed by atoms with van der Waals surface area (Å²) in [7, 11) is 0. The van der Waals surface area contributed by atoms with E-state index in [0.29, 0.717) is 5.92 Å². The highest BCUT2D eigenvalue weighted by molar-refractivity contribution is 7.09. The van der Waals surface area contributed by atoms with Crippen LogP contribution in [0, 0.1) is 0 Å². The Hall–Kier alpha value is -0.680. The van der Waals surface area contributed by atoms with Crippen molar-refractivity contribution in [2.45, 2.75) is 45.6 Å². The van der Waals surface area contributed by atoms with Gasteiger partial charge >= 0.3 is 0 Å². The molecule has 1 fully saturated rings. The molecule has 0 spiro atoms. The monoisotopic (exact) mass is 255 g/mol. The van der Waals surface area contributed by atoms with Gasteiger partial charge in [0.1, 0.15) is 5.82 Å². The van der Waals surface area contributed by atoms with E-state index >= 15 is 0 Å².